The predicted molar refractivity (Wildman–Crippen MR) is 114 cm³/mol. The number of hydrogen-bond acceptors (Lipinski definition) is 7. The molecule has 0 spiro atoms. The lowest BCUT2D eigenvalue weighted by molar-refractivity contribution is -0.123. The van der Waals surface area contributed by atoms with E-state index in [1.165, 1.54) is 17.7 Å². The maximum Gasteiger partial charge on any atom is 0.305 e. The highest BCUT2D eigenvalue weighted by Crippen LogP contribution is 2.31. The minimum Gasteiger partial charge on any atom is -0.451 e. The van der Waals surface area contributed by atoms with E-state index in [1.54, 1.807) is 6.07 Å². The number of thiophene rings is 1. The van der Waals surface area contributed by atoms with Gasteiger partial charge in [-0.1, -0.05) is 18.2 Å². The number of para-hydroxylation sites is 1. The molecule has 2 amide bonds. The zero-order valence-corrected chi connectivity index (χ0v) is 17.0. The Labute approximate surface area is 175 Å². The van der Waals surface area contributed by atoms with Crippen LogP contribution >= 0.6 is 11.3 Å². The number of benzene rings is 1. The average molecular weight is 421 g/mol. The standard InChI is InChI=1S/C21H19N5O3S/c1-12-13-5-2-3-7-16(13)29-17(12)20(28)25-24-19(27)15-6-4-9-26(15)18-14-8-10-30-21(14)23-11-22-18/h2-3,5,7-8,10-11,15H,4,6,9H2,1H3,(H,24,27)(H,25,28). The molecule has 8 nitrogen and oxygen atoms in total. The Morgan fingerprint density at radius 3 is 2.90 bits per heavy atom. The van der Waals surface area contributed by atoms with Crippen LogP contribution in [0.4, 0.5) is 5.82 Å². The second-order valence-corrected chi connectivity index (χ2v) is 8.08. The van der Waals surface area contributed by atoms with Gasteiger partial charge in [-0.15, -0.1) is 11.3 Å². The Morgan fingerprint density at radius 1 is 1.17 bits per heavy atom. The van der Waals surface area contributed by atoms with Crippen LogP contribution in [0.2, 0.25) is 0 Å². The largest absolute Gasteiger partial charge is 0.451 e. The molecule has 1 saturated heterocycles. The Kier molecular flexibility index (Phi) is 4.59. The van der Waals surface area contributed by atoms with Crippen LogP contribution in [0.5, 0.6) is 0 Å². The first kappa shape index (κ1) is 18.6. The molecule has 9 heteroatoms. The van der Waals surface area contributed by atoms with Gasteiger partial charge in [0.2, 0.25) is 0 Å². The molecule has 0 aliphatic carbocycles. The molecule has 2 N–H and O–H groups in total. The van der Waals surface area contributed by atoms with Crippen LogP contribution in [-0.2, 0) is 4.79 Å². The third-order valence-corrected chi connectivity index (χ3v) is 6.24. The maximum absolute atomic E-state index is 12.9. The van der Waals surface area contributed by atoms with E-state index >= 15 is 0 Å². The molecular formula is C21H19N5O3S. The molecule has 152 valence electrons. The molecule has 0 saturated carbocycles. The van der Waals surface area contributed by atoms with Crippen molar-refractivity contribution in [3.05, 3.63) is 53.4 Å². The lowest BCUT2D eigenvalue weighted by Crippen LogP contribution is -2.50. The van der Waals surface area contributed by atoms with Crippen molar-refractivity contribution in [2.75, 3.05) is 11.4 Å². The summed E-state index contributed by atoms with van der Waals surface area (Å²) in [5.74, 6) is 0.175. The number of anilines is 1. The van der Waals surface area contributed by atoms with Crippen LogP contribution in [0.1, 0.15) is 29.0 Å². The van der Waals surface area contributed by atoms with Crippen LogP contribution < -0.4 is 15.8 Å². The van der Waals surface area contributed by atoms with Gasteiger partial charge in [-0.05, 0) is 37.3 Å². The fourth-order valence-corrected chi connectivity index (χ4v) is 4.68. The van der Waals surface area contributed by atoms with Crippen molar-refractivity contribution < 1.29 is 14.0 Å². The van der Waals surface area contributed by atoms with Crippen molar-refractivity contribution >= 4 is 50.2 Å². The quantitative estimate of drug-likeness (QED) is 0.493. The predicted octanol–water partition coefficient (Wildman–Crippen LogP) is 3.18. The molecule has 1 aliphatic heterocycles. The SMILES string of the molecule is Cc1c(C(=O)NNC(=O)C2CCCN2c2ncnc3sccc23)oc2ccccc12. The van der Waals surface area contributed by atoms with E-state index < -0.39 is 11.9 Å². The molecule has 1 unspecified atom stereocenters. The molecule has 1 atom stereocenters. The summed E-state index contributed by atoms with van der Waals surface area (Å²) < 4.78 is 5.66. The highest BCUT2D eigenvalue weighted by Gasteiger charge is 2.33. The van der Waals surface area contributed by atoms with E-state index in [-0.39, 0.29) is 11.7 Å². The number of nitrogens with one attached hydrogen (secondary N) is 2. The third kappa shape index (κ3) is 3.07. The van der Waals surface area contributed by atoms with Gasteiger partial charge in [0.1, 0.15) is 28.6 Å². The summed E-state index contributed by atoms with van der Waals surface area (Å²) in [6.45, 7) is 2.54. The normalized spacial score (nSPS) is 16.3. The van der Waals surface area contributed by atoms with Crippen LogP contribution in [0.3, 0.4) is 0 Å². The lowest BCUT2D eigenvalue weighted by atomic mass is 10.1. The summed E-state index contributed by atoms with van der Waals surface area (Å²) in [7, 11) is 0. The van der Waals surface area contributed by atoms with Gasteiger partial charge < -0.3 is 9.32 Å². The second kappa shape index (κ2) is 7.42. The minimum absolute atomic E-state index is 0.190. The van der Waals surface area contributed by atoms with Crippen molar-refractivity contribution in [1.82, 2.24) is 20.8 Å². The lowest BCUT2D eigenvalue weighted by Gasteiger charge is -2.25. The first-order valence-corrected chi connectivity index (χ1v) is 10.5. The van der Waals surface area contributed by atoms with Crippen LogP contribution in [0.25, 0.3) is 21.2 Å². The van der Waals surface area contributed by atoms with E-state index in [0.29, 0.717) is 12.0 Å². The van der Waals surface area contributed by atoms with Gasteiger partial charge >= 0.3 is 5.91 Å². The van der Waals surface area contributed by atoms with Gasteiger partial charge in [-0.3, -0.25) is 20.4 Å². The molecule has 0 bridgehead atoms. The van der Waals surface area contributed by atoms with E-state index in [4.69, 9.17) is 4.42 Å². The Hall–Kier alpha value is -3.46. The molecule has 1 aromatic carbocycles. The Balaban J connectivity index is 1.31. The number of fused-ring (bicyclic) bond motifs is 2. The van der Waals surface area contributed by atoms with E-state index in [1.807, 2.05) is 41.5 Å². The van der Waals surface area contributed by atoms with Crippen molar-refractivity contribution in [3.8, 4) is 0 Å². The highest BCUT2D eigenvalue weighted by molar-refractivity contribution is 7.16. The molecular weight excluding hydrogens is 402 g/mol. The molecule has 4 heterocycles. The van der Waals surface area contributed by atoms with Crippen molar-refractivity contribution in [2.45, 2.75) is 25.8 Å². The summed E-state index contributed by atoms with van der Waals surface area (Å²) in [5, 5.41) is 3.77. The molecule has 1 aliphatic rings. The number of furan rings is 1. The van der Waals surface area contributed by atoms with Crippen molar-refractivity contribution in [2.24, 2.45) is 0 Å². The zero-order chi connectivity index (χ0) is 20.7. The number of hydrazine groups is 1. The highest BCUT2D eigenvalue weighted by atomic mass is 32.1. The molecule has 30 heavy (non-hydrogen) atoms. The second-order valence-electron chi connectivity index (χ2n) is 7.18. The van der Waals surface area contributed by atoms with Gasteiger partial charge in [-0.25, -0.2) is 9.97 Å². The number of rotatable bonds is 3. The van der Waals surface area contributed by atoms with Crippen molar-refractivity contribution in [3.63, 3.8) is 0 Å². The summed E-state index contributed by atoms with van der Waals surface area (Å²) in [5.41, 5.74) is 6.42. The summed E-state index contributed by atoms with van der Waals surface area (Å²) in [6, 6.07) is 8.99. The molecule has 3 aromatic heterocycles. The number of nitrogens with zero attached hydrogens (tertiary/aromatic N) is 3. The Morgan fingerprint density at radius 2 is 2.03 bits per heavy atom. The van der Waals surface area contributed by atoms with Crippen LogP contribution in [0.15, 0.2) is 46.5 Å². The summed E-state index contributed by atoms with van der Waals surface area (Å²) >= 11 is 1.54. The zero-order valence-electron chi connectivity index (χ0n) is 16.2. The number of aryl methyl sites for hydroxylation is 1. The first-order chi connectivity index (χ1) is 14.6. The number of aromatic nitrogens is 2. The van der Waals surface area contributed by atoms with Gasteiger partial charge in [0.15, 0.2) is 5.76 Å². The summed E-state index contributed by atoms with van der Waals surface area (Å²) in [6.07, 6.45) is 3.07. The maximum atomic E-state index is 12.9. The topological polar surface area (TPSA) is 100 Å². The number of hydrogen-bond donors (Lipinski definition) is 2. The van der Waals surface area contributed by atoms with E-state index in [0.717, 1.165) is 39.9 Å². The number of amides is 2. The van der Waals surface area contributed by atoms with Gasteiger partial charge in [0, 0.05) is 17.5 Å². The summed E-state index contributed by atoms with van der Waals surface area (Å²) in [4.78, 5) is 37.0. The molecule has 0 radical (unpaired) electrons. The number of carbonyl (C=O) groups is 2. The van der Waals surface area contributed by atoms with Gasteiger partial charge in [0.05, 0.1) is 5.39 Å². The first-order valence-electron chi connectivity index (χ1n) is 9.66. The molecule has 5 rings (SSSR count). The third-order valence-electron chi connectivity index (χ3n) is 5.42. The van der Waals surface area contributed by atoms with Gasteiger partial charge in [-0.2, -0.15) is 0 Å². The van der Waals surface area contributed by atoms with Crippen LogP contribution in [0, 0.1) is 6.92 Å². The molecule has 4 aromatic rings. The van der Waals surface area contributed by atoms with E-state index in [2.05, 4.69) is 20.8 Å². The van der Waals surface area contributed by atoms with Crippen LogP contribution in [-0.4, -0.2) is 34.4 Å². The minimum atomic E-state index is -0.483. The fraction of sp³-hybridized carbons (Fsp3) is 0.238. The van der Waals surface area contributed by atoms with E-state index in [9.17, 15) is 9.59 Å². The fourth-order valence-electron chi connectivity index (χ4n) is 3.95. The van der Waals surface area contributed by atoms with Gasteiger partial charge in [0.25, 0.3) is 5.91 Å². The van der Waals surface area contributed by atoms with Crippen molar-refractivity contribution in [1.29, 1.82) is 0 Å². The average Bonchev–Trinajstić information content (AvgIpc) is 3.50. The number of carbonyl (C=O) groups excluding carboxylic acids is 2. The Bertz CT molecular complexity index is 1260. The monoisotopic (exact) mass is 421 g/mol. The smallest absolute Gasteiger partial charge is 0.305 e. The molecule has 1 fully saturated rings.